The maximum atomic E-state index is 12.7. The predicted octanol–water partition coefficient (Wildman–Crippen LogP) is 1.22. The molecular weight excluding hydrogens is 368 g/mol. The Morgan fingerprint density at radius 1 is 1.11 bits per heavy atom. The van der Waals surface area contributed by atoms with Gasteiger partial charge in [0, 0.05) is 0 Å². The molecule has 148 valence electrons. The highest BCUT2D eigenvalue weighted by atomic mass is 16.6. The first-order chi connectivity index (χ1) is 13.3. The van der Waals surface area contributed by atoms with E-state index < -0.39 is 42.4 Å². The number of amides is 4. The molecule has 1 saturated heterocycles. The second-order valence-corrected chi connectivity index (χ2v) is 6.94. The first-order valence-corrected chi connectivity index (χ1v) is 8.92. The number of esters is 1. The predicted molar refractivity (Wildman–Crippen MR) is 94.2 cm³/mol. The van der Waals surface area contributed by atoms with Crippen molar-refractivity contribution in [2.45, 2.75) is 26.3 Å². The molecule has 0 aromatic heterocycles. The fraction of sp³-hybridized carbons (Fsp3) is 0.421. The van der Waals surface area contributed by atoms with Crippen LogP contribution in [0.1, 0.15) is 41.0 Å². The van der Waals surface area contributed by atoms with Crippen molar-refractivity contribution in [1.82, 2.24) is 9.80 Å². The lowest BCUT2D eigenvalue weighted by atomic mass is 10.0. The summed E-state index contributed by atoms with van der Waals surface area (Å²) in [5.41, 5.74) is 0.454. The molecule has 2 aliphatic heterocycles. The van der Waals surface area contributed by atoms with Crippen LogP contribution >= 0.6 is 0 Å². The van der Waals surface area contributed by atoms with Gasteiger partial charge in [-0.25, -0.2) is 14.5 Å². The number of fused-ring (bicyclic) bond motifs is 1. The number of carbonyl (C=O) groups excluding carboxylic acids is 5. The molecular formula is C19H20N2O7. The zero-order valence-electron chi connectivity index (χ0n) is 15.5. The third kappa shape index (κ3) is 3.60. The normalized spacial score (nSPS) is 17.0. The summed E-state index contributed by atoms with van der Waals surface area (Å²) in [4.78, 5) is 63.2. The molecule has 1 fully saturated rings. The Kier molecular flexibility index (Phi) is 5.43. The Morgan fingerprint density at radius 3 is 2.21 bits per heavy atom. The minimum Gasteiger partial charge on any atom is -0.454 e. The summed E-state index contributed by atoms with van der Waals surface area (Å²) < 4.78 is 9.72. The van der Waals surface area contributed by atoms with E-state index in [4.69, 9.17) is 4.74 Å². The lowest BCUT2D eigenvalue weighted by Gasteiger charge is -2.26. The van der Waals surface area contributed by atoms with Gasteiger partial charge in [-0.1, -0.05) is 26.0 Å². The van der Waals surface area contributed by atoms with Crippen LogP contribution < -0.4 is 0 Å². The van der Waals surface area contributed by atoms with Crippen LogP contribution in [-0.2, 0) is 19.1 Å². The van der Waals surface area contributed by atoms with Crippen molar-refractivity contribution in [2.24, 2.45) is 5.92 Å². The third-order valence-electron chi connectivity index (χ3n) is 4.50. The van der Waals surface area contributed by atoms with Gasteiger partial charge in [0.2, 0.25) is 0 Å². The van der Waals surface area contributed by atoms with E-state index in [0.717, 1.165) is 9.80 Å². The van der Waals surface area contributed by atoms with Crippen LogP contribution in [0.4, 0.5) is 4.79 Å². The molecule has 0 unspecified atom stereocenters. The summed E-state index contributed by atoms with van der Waals surface area (Å²) in [6, 6.07) is 5.16. The number of hydrogen-bond acceptors (Lipinski definition) is 7. The van der Waals surface area contributed by atoms with Gasteiger partial charge in [0.05, 0.1) is 17.7 Å². The number of benzene rings is 1. The molecule has 0 N–H and O–H groups in total. The lowest BCUT2D eigenvalue weighted by molar-refractivity contribution is -0.154. The molecule has 0 saturated carbocycles. The number of nitrogens with zero attached hydrogens (tertiary/aromatic N) is 2. The molecule has 2 heterocycles. The molecule has 0 radical (unpaired) electrons. The Bertz CT molecular complexity index is 813. The first kappa shape index (κ1) is 19.5. The Labute approximate surface area is 161 Å². The Hall–Kier alpha value is -3.23. The summed E-state index contributed by atoms with van der Waals surface area (Å²) in [6.45, 7) is 3.17. The van der Waals surface area contributed by atoms with E-state index in [2.05, 4.69) is 4.74 Å². The third-order valence-corrected chi connectivity index (χ3v) is 4.50. The smallest absolute Gasteiger partial charge is 0.416 e. The summed E-state index contributed by atoms with van der Waals surface area (Å²) in [6.07, 6.45) is -0.607. The van der Waals surface area contributed by atoms with Gasteiger partial charge in [0.25, 0.3) is 17.7 Å². The van der Waals surface area contributed by atoms with E-state index in [9.17, 15) is 24.0 Å². The molecule has 9 nitrogen and oxygen atoms in total. The maximum Gasteiger partial charge on any atom is 0.416 e. The Morgan fingerprint density at radius 2 is 1.71 bits per heavy atom. The number of imide groups is 2. The molecule has 2 aliphatic rings. The van der Waals surface area contributed by atoms with Gasteiger partial charge >= 0.3 is 12.1 Å². The second-order valence-electron chi connectivity index (χ2n) is 6.94. The summed E-state index contributed by atoms with van der Waals surface area (Å²) in [5, 5.41) is 0. The van der Waals surface area contributed by atoms with Crippen molar-refractivity contribution in [3.8, 4) is 0 Å². The van der Waals surface area contributed by atoms with Crippen LogP contribution in [0.15, 0.2) is 24.3 Å². The zero-order chi connectivity index (χ0) is 20.4. The van der Waals surface area contributed by atoms with E-state index in [1.54, 1.807) is 12.1 Å². The quantitative estimate of drug-likeness (QED) is 0.532. The van der Waals surface area contributed by atoms with E-state index in [0.29, 0.717) is 0 Å². The summed E-state index contributed by atoms with van der Waals surface area (Å²) >= 11 is 0. The van der Waals surface area contributed by atoms with Gasteiger partial charge in [-0.3, -0.25) is 19.3 Å². The number of rotatable bonds is 6. The van der Waals surface area contributed by atoms with Gasteiger partial charge in [-0.2, -0.15) is 0 Å². The van der Waals surface area contributed by atoms with Crippen molar-refractivity contribution >= 4 is 29.8 Å². The van der Waals surface area contributed by atoms with Crippen molar-refractivity contribution in [3.63, 3.8) is 0 Å². The van der Waals surface area contributed by atoms with E-state index in [-0.39, 0.29) is 36.6 Å². The fourth-order valence-electron chi connectivity index (χ4n) is 3.17. The van der Waals surface area contributed by atoms with E-state index in [1.807, 2.05) is 13.8 Å². The van der Waals surface area contributed by atoms with E-state index in [1.165, 1.54) is 12.1 Å². The minimum absolute atomic E-state index is 0.0221. The molecule has 9 heteroatoms. The number of carbonyl (C=O) groups is 5. The van der Waals surface area contributed by atoms with Crippen LogP contribution in [0.3, 0.4) is 0 Å². The highest BCUT2D eigenvalue weighted by Crippen LogP contribution is 2.27. The average Bonchev–Trinajstić information content (AvgIpc) is 3.20. The highest BCUT2D eigenvalue weighted by Gasteiger charge is 2.43. The zero-order valence-corrected chi connectivity index (χ0v) is 15.5. The second kappa shape index (κ2) is 7.79. The van der Waals surface area contributed by atoms with Gasteiger partial charge in [-0.15, -0.1) is 0 Å². The van der Waals surface area contributed by atoms with Crippen molar-refractivity contribution in [3.05, 3.63) is 35.4 Å². The van der Waals surface area contributed by atoms with Gasteiger partial charge < -0.3 is 9.47 Å². The van der Waals surface area contributed by atoms with Crippen LogP contribution in [-0.4, -0.2) is 65.4 Å². The molecule has 0 spiro atoms. The van der Waals surface area contributed by atoms with Crippen LogP contribution in [0.2, 0.25) is 0 Å². The maximum absolute atomic E-state index is 12.7. The molecule has 28 heavy (non-hydrogen) atoms. The summed E-state index contributed by atoms with van der Waals surface area (Å²) in [5.74, 6) is -2.76. The summed E-state index contributed by atoms with van der Waals surface area (Å²) in [7, 11) is 0. The molecule has 4 amide bonds. The van der Waals surface area contributed by atoms with Crippen LogP contribution in [0, 0.1) is 5.92 Å². The van der Waals surface area contributed by atoms with Crippen LogP contribution in [0.5, 0.6) is 0 Å². The standard InChI is InChI=1S/C19H20N2O7/c1-11(2)9-14(18(25)28-10-15(22)20-7-8-27-19(20)26)21-16(23)12-5-3-4-6-13(12)17(21)24/h3-6,11,14H,7-10H2,1-2H3/t14-/m1/s1. The Balaban J connectivity index is 1.74. The molecule has 3 rings (SSSR count). The SMILES string of the molecule is CC(C)C[C@H](C(=O)OCC(=O)N1CCOC1=O)N1C(=O)c2ccccc2C1=O. The first-order valence-electron chi connectivity index (χ1n) is 8.92. The number of cyclic esters (lactones) is 1. The van der Waals surface area contributed by atoms with Gasteiger partial charge in [0.1, 0.15) is 12.6 Å². The van der Waals surface area contributed by atoms with Crippen molar-refractivity contribution < 1.29 is 33.4 Å². The molecule has 1 atom stereocenters. The fourth-order valence-corrected chi connectivity index (χ4v) is 3.17. The number of ether oxygens (including phenoxy) is 2. The van der Waals surface area contributed by atoms with Crippen molar-refractivity contribution in [1.29, 1.82) is 0 Å². The average molecular weight is 388 g/mol. The molecule has 0 bridgehead atoms. The largest absolute Gasteiger partial charge is 0.454 e. The van der Waals surface area contributed by atoms with Gasteiger partial charge in [-0.05, 0) is 24.5 Å². The van der Waals surface area contributed by atoms with Gasteiger partial charge in [0.15, 0.2) is 6.61 Å². The monoisotopic (exact) mass is 388 g/mol. The van der Waals surface area contributed by atoms with E-state index >= 15 is 0 Å². The molecule has 1 aromatic carbocycles. The minimum atomic E-state index is -1.16. The van der Waals surface area contributed by atoms with Crippen LogP contribution in [0.25, 0.3) is 0 Å². The highest BCUT2D eigenvalue weighted by molar-refractivity contribution is 6.22. The molecule has 0 aliphatic carbocycles. The van der Waals surface area contributed by atoms with Crippen molar-refractivity contribution in [2.75, 3.05) is 19.8 Å². The lowest BCUT2D eigenvalue weighted by Crippen LogP contribution is -2.47. The number of hydrogen-bond donors (Lipinski definition) is 0. The molecule has 1 aromatic rings. The topological polar surface area (TPSA) is 110 Å².